The third kappa shape index (κ3) is 1.98. The molecule has 1 fully saturated rings. The predicted octanol–water partition coefficient (Wildman–Crippen LogP) is 2.88. The maximum Gasteiger partial charge on any atom is 0.231 e. The number of pyridine rings is 1. The van der Waals surface area contributed by atoms with E-state index in [4.69, 9.17) is 9.47 Å². The molecule has 5 heteroatoms. The third-order valence-corrected chi connectivity index (χ3v) is 4.69. The average molecular weight is 274 g/mol. The van der Waals surface area contributed by atoms with Crippen molar-refractivity contribution in [3.8, 4) is 11.5 Å². The zero-order chi connectivity index (χ0) is 12.7. The van der Waals surface area contributed by atoms with Crippen LogP contribution in [0.4, 0.5) is 5.82 Å². The molecule has 19 heavy (non-hydrogen) atoms. The molecule has 1 aromatic heterocycles. The summed E-state index contributed by atoms with van der Waals surface area (Å²) in [5.74, 6) is 4.96. The van der Waals surface area contributed by atoms with Gasteiger partial charge in [-0.2, -0.15) is 11.8 Å². The van der Waals surface area contributed by atoms with Crippen LogP contribution >= 0.6 is 11.8 Å². The van der Waals surface area contributed by atoms with E-state index in [0.717, 1.165) is 33.8 Å². The van der Waals surface area contributed by atoms with Gasteiger partial charge in [0.1, 0.15) is 5.82 Å². The van der Waals surface area contributed by atoms with Gasteiger partial charge in [-0.3, -0.25) is 0 Å². The molecule has 0 amide bonds. The van der Waals surface area contributed by atoms with E-state index in [2.05, 4.69) is 10.3 Å². The van der Waals surface area contributed by atoms with Crippen molar-refractivity contribution in [1.82, 2.24) is 4.98 Å². The van der Waals surface area contributed by atoms with E-state index in [1.54, 1.807) is 0 Å². The lowest BCUT2D eigenvalue weighted by atomic mass is 10.1. The van der Waals surface area contributed by atoms with Crippen LogP contribution in [0.3, 0.4) is 0 Å². The van der Waals surface area contributed by atoms with Crippen molar-refractivity contribution in [3.63, 3.8) is 0 Å². The fourth-order valence-corrected chi connectivity index (χ4v) is 3.67. The van der Waals surface area contributed by atoms with Crippen LogP contribution in [0.25, 0.3) is 10.8 Å². The lowest BCUT2D eigenvalue weighted by Gasteiger charge is -2.14. The number of thioether (sulfide) groups is 1. The minimum atomic E-state index is 0.307. The van der Waals surface area contributed by atoms with E-state index in [1.165, 1.54) is 12.2 Å². The van der Waals surface area contributed by atoms with Gasteiger partial charge in [-0.1, -0.05) is 0 Å². The normalized spacial score (nSPS) is 20.9. The van der Waals surface area contributed by atoms with Crippen LogP contribution in [0.5, 0.6) is 11.5 Å². The minimum absolute atomic E-state index is 0.307. The molecule has 1 atom stereocenters. The molecule has 1 saturated heterocycles. The highest BCUT2D eigenvalue weighted by molar-refractivity contribution is 7.99. The molecule has 1 N–H and O–H groups in total. The van der Waals surface area contributed by atoms with Crippen LogP contribution in [0.15, 0.2) is 24.4 Å². The third-order valence-electron chi connectivity index (χ3n) is 3.53. The summed E-state index contributed by atoms with van der Waals surface area (Å²) >= 11 is 1.99. The highest BCUT2D eigenvalue weighted by Crippen LogP contribution is 2.38. The molecule has 4 rings (SSSR count). The van der Waals surface area contributed by atoms with Gasteiger partial charge in [0.15, 0.2) is 11.5 Å². The Morgan fingerprint density at radius 3 is 3.00 bits per heavy atom. The van der Waals surface area contributed by atoms with Crippen molar-refractivity contribution in [2.75, 3.05) is 23.6 Å². The average Bonchev–Trinajstić information content (AvgIpc) is 3.07. The predicted molar refractivity (Wildman–Crippen MR) is 77.2 cm³/mol. The summed E-state index contributed by atoms with van der Waals surface area (Å²) in [4.78, 5) is 4.48. The minimum Gasteiger partial charge on any atom is -0.454 e. The van der Waals surface area contributed by atoms with Crippen LogP contribution < -0.4 is 14.8 Å². The molecule has 2 aliphatic rings. The highest BCUT2D eigenvalue weighted by Gasteiger charge is 2.19. The molecule has 0 aliphatic carbocycles. The number of fused-ring (bicyclic) bond motifs is 2. The molecular formula is C14H14N2O2S. The Morgan fingerprint density at radius 1 is 1.26 bits per heavy atom. The summed E-state index contributed by atoms with van der Waals surface area (Å²) in [5, 5.41) is 5.78. The molecule has 0 saturated carbocycles. The van der Waals surface area contributed by atoms with Crippen LogP contribution in [0.2, 0.25) is 0 Å². The maximum atomic E-state index is 5.45. The molecular weight excluding hydrogens is 260 g/mol. The van der Waals surface area contributed by atoms with Gasteiger partial charge in [-0.05, 0) is 35.8 Å². The molecule has 3 heterocycles. The van der Waals surface area contributed by atoms with Crippen molar-refractivity contribution in [1.29, 1.82) is 0 Å². The van der Waals surface area contributed by atoms with Gasteiger partial charge >= 0.3 is 0 Å². The molecule has 1 aromatic carbocycles. The molecule has 0 bridgehead atoms. The highest BCUT2D eigenvalue weighted by atomic mass is 32.2. The number of nitrogens with one attached hydrogen (secondary N) is 1. The fraction of sp³-hybridized carbons (Fsp3) is 0.357. The maximum absolute atomic E-state index is 5.45. The topological polar surface area (TPSA) is 43.4 Å². The number of aromatic nitrogens is 1. The standard InChI is InChI=1S/C14H14N2O2S/c1-3-15-14(16-10-2-4-19-7-10)11-6-13-12(5-9(1)11)17-8-18-13/h1,3,5-6,10H,2,4,7-8H2,(H,15,16). The SMILES string of the molecule is c1cc2cc3c(cc2c(NC2CCSC2)n1)OCO3. The number of hydrogen-bond donors (Lipinski definition) is 1. The van der Waals surface area contributed by atoms with Gasteiger partial charge in [0.05, 0.1) is 0 Å². The first-order valence-corrected chi connectivity index (χ1v) is 7.58. The lowest BCUT2D eigenvalue weighted by molar-refractivity contribution is 0.174. The summed E-state index contributed by atoms with van der Waals surface area (Å²) in [7, 11) is 0. The summed E-state index contributed by atoms with van der Waals surface area (Å²) in [5.41, 5.74) is 0. The van der Waals surface area contributed by atoms with Gasteiger partial charge in [0, 0.05) is 23.4 Å². The van der Waals surface area contributed by atoms with Crippen LogP contribution in [0.1, 0.15) is 6.42 Å². The number of nitrogens with zero attached hydrogens (tertiary/aromatic N) is 1. The Bertz CT molecular complexity index is 626. The fourth-order valence-electron chi connectivity index (χ4n) is 2.52. The Balaban J connectivity index is 1.77. The van der Waals surface area contributed by atoms with E-state index >= 15 is 0 Å². The monoisotopic (exact) mass is 274 g/mol. The lowest BCUT2D eigenvalue weighted by Crippen LogP contribution is -2.18. The second-order valence-corrected chi connectivity index (χ2v) is 5.94. The van der Waals surface area contributed by atoms with Gasteiger partial charge in [0.25, 0.3) is 0 Å². The van der Waals surface area contributed by atoms with Crippen molar-refractivity contribution in [3.05, 3.63) is 24.4 Å². The zero-order valence-electron chi connectivity index (χ0n) is 10.4. The molecule has 2 aliphatic heterocycles. The van der Waals surface area contributed by atoms with Crippen molar-refractivity contribution in [2.45, 2.75) is 12.5 Å². The van der Waals surface area contributed by atoms with Crippen molar-refractivity contribution < 1.29 is 9.47 Å². The first-order valence-electron chi connectivity index (χ1n) is 6.43. The van der Waals surface area contributed by atoms with E-state index < -0.39 is 0 Å². The zero-order valence-corrected chi connectivity index (χ0v) is 11.2. The number of rotatable bonds is 2. The molecule has 0 radical (unpaired) electrons. The van der Waals surface area contributed by atoms with Gasteiger partial charge in [-0.25, -0.2) is 4.98 Å². The van der Waals surface area contributed by atoms with Crippen molar-refractivity contribution >= 4 is 28.4 Å². The Kier molecular flexibility index (Phi) is 2.65. The quantitative estimate of drug-likeness (QED) is 0.912. The number of anilines is 1. The summed E-state index contributed by atoms with van der Waals surface area (Å²) in [6.07, 6.45) is 3.04. The van der Waals surface area contributed by atoms with E-state index in [1.807, 2.05) is 36.2 Å². The van der Waals surface area contributed by atoms with E-state index in [9.17, 15) is 0 Å². The van der Waals surface area contributed by atoms with Gasteiger partial charge in [-0.15, -0.1) is 0 Å². The first kappa shape index (κ1) is 11.2. The Labute approximate surface area is 115 Å². The Morgan fingerprint density at radius 2 is 2.16 bits per heavy atom. The van der Waals surface area contributed by atoms with Crippen LogP contribution in [-0.4, -0.2) is 29.3 Å². The molecule has 98 valence electrons. The van der Waals surface area contributed by atoms with E-state index in [0.29, 0.717) is 12.8 Å². The number of hydrogen-bond acceptors (Lipinski definition) is 5. The first-order chi connectivity index (χ1) is 9.40. The molecule has 4 nitrogen and oxygen atoms in total. The molecule has 2 aromatic rings. The molecule has 0 spiro atoms. The van der Waals surface area contributed by atoms with Gasteiger partial charge in [0.2, 0.25) is 6.79 Å². The number of benzene rings is 1. The smallest absolute Gasteiger partial charge is 0.231 e. The van der Waals surface area contributed by atoms with Gasteiger partial charge < -0.3 is 14.8 Å². The summed E-state index contributed by atoms with van der Waals surface area (Å²) in [6.45, 7) is 0.307. The molecule has 1 unspecified atom stereocenters. The Hall–Kier alpha value is -1.62. The number of ether oxygens (including phenoxy) is 2. The second kappa shape index (κ2) is 4.49. The van der Waals surface area contributed by atoms with Crippen LogP contribution in [-0.2, 0) is 0 Å². The van der Waals surface area contributed by atoms with E-state index in [-0.39, 0.29) is 0 Å². The largest absolute Gasteiger partial charge is 0.454 e. The summed E-state index contributed by atoms with van der Waals surface area (Å²) in [6, 6.07) is 6.57. The van der Waals surface area contributed by atoms with Crippen LogP contribution in [0, 0.1) is 0 Å². The van der Waals surface area contributed by atoms with Crippen molar-refractivity contribution in [2.24, 2.45) is 0 Å². The second-order valence-electron chi connectivity index (χ2n) is 4.79. The summed E-state index contributed by atoms with van der Waals surface area (Å²) < 4.78 is 10.9.